The summed E-state index contributed by atoms with van der Waals surface area (Å²) in [6.07, 6.45) is 1.61. The Morgan fingerprint density at radius 3 is 2.19 bits per heavy atom. The van der Waals surface area contributed by atoms with Gasteiger partial charge in [0.1, 0.15) is 12.1 Å². The summed E-state index contributed by atoms with van der Waals surface area (Å²) in [5, 5.41) is 12.5. The quantitative estimate of drug-likeness (QED) is 0.492. The van der Waals surface area contributed by atoms with Crippen LogP contribution in [0.3, 0.4) is 0 Å². The Morgan fingerprint density at radius 1 is 1.17 bits per heavy atom. The van der Waals surface area contributed by atoms with Gasteiger partial charge in [0.25, 0.3) is 0 Å². The number of carboxylic acid groups (broad SMARTS) is 1. The predicted molar refractivity (Wildman–Crippen MR) is 147 cm³/mol. The lowest BCUT2D eigenvalue weighted by Crippen LogP contribution is -2.60. The molecule has 0 aliphatic carbocycles. The number of hydrogen-bond acceptors (Lipinski definition) is 5. The zero-order valence-electron chi connectivity index (χ0n) is 23.3. The highest BCUT2D eigenvalue weighted by Gasteiger charge is 2.51. The first-order valence-corrected chi connectivity index (χ1v) is 13.3. The van der Waals surface area contributed by atoms with Crippen molar-refractivity contribution in [3.63, 3.8) is 0 Å². The molecule has 0 spiro atoms. The van der Waals surface area contributed by atoms with Crippen LogP contribution in [0.4, 0.5) is 0 Å². The molecular weight excluding hydrogens is 474 g/mol. The Morgan fingerprint density at radius 2 is 1.72 bits per heavy atom. The summed E-state index contributed by atoms with van der Waals surface area (Å²) < 4.78 is -0.376. The maximum absolute atomic E-state index is 13.8. The van der Waals surface area contributed by atoms with Crippen molar-refractivity contribution in [3.05, 3.63) is 47.5 Å². The Labute approximate surface area is 220 Å². The monoisotopic (exact) mass is 517 g/mol. The van der Waals surface area contributed by atoms with Crippen LogP contribution in [-0.2, 0) is 14.4 Å². The van der Waals surface area contributed by atoms with E-state index in [4.69, 9.17) is 0 Å². The summed E-state index contributed by atoms with van der Waals surface area (Å²) in [6, 6.07) is 8.48. The Hall–Kier alpha value is -2.32. The molecule has 200 valence electrons. The highest BCUT2D eigenvalue weighted by Crippen LogP contribution is 2.51. The van der Waals surface area contributed by atoms with Gasteiger partial charge in [-0.2, -0.15) is 0 Å². The maximum atomic E-state index is 13.8. The standard InChI is InChI=1S/C28H43N3O4S/c1-17(2)20(16-18(3)26(34)35)30(9)24(33)21(27(4,5)6)29-23(32)22-28(7,8)36-25(31(22)10)19-14-12-11-13-15-19/h11-17,20-22,25H,1-10H3,(H,29,32)(H,34,35)/b18-16+/t20-,21-,22?,25-/m1/s1. The van der Waals surface area contributed by atoms with E-state index in [0.29, 0.717) is 0 Å². The lowest BCUT2D eigenvalue weighted by Gasteiger charge is -2.39. The third-order valence-electron chi connectivity index (χ3n) is 6.82. The first-order valence-electron chi connectivity index (χ1n) is 12.4. The van der Waals surface area contributed by atoms with Crippen LogP contribution in [0.15, 0.2) is 42.0 Å². The summed E-state index contributed by atoms with van der Waals surface area (Å²) in [5.41, 5.74) is 0.765. The molecule has 2 N–H and O–H groups in total. The second-order valence-corrected chi connectivity index (χ2v) is 13.4. The number of nitrogens with one attached hydrogen (secondary N) is 1. The SMILES string of the molecule is C/C(=C\[C@H](C(C)C)N(C)C(=O)[C@@H](NC(=O)C1N(C)[C@@H](c2ccccc2)SC1(C)C)C(C)(C)C)C(=O)O. The first-order chi connectivity index (χ1) is 16.5. The van der Waals surface area contributed by atoms with Crippen molar-refractivity contribution in [1.82, 2.24) is 15.1 Å². The van der Waals surface area contributed by atoms with E-state index in [1.165, 1.54) is 6.92 Å². The van der Waals surface area contributed by atoms with Crippen molar-refractivity contribution >= 4 is 29.5 Å². The van der Waals surface area contributed by atoms with Crippen LogP contribution in [-0.4, -0.2) is 69.7 Å². The zero-order chi connectivity index (χ0) is 27.6. The van der Waals surface area contributed by atoms with Crippen molar-refractivity contribution < 1.29 is 19.5 Å². The molecule has 7 nitrogen and oxygen atoms in total. The molecule has 1 unspecified atom stereocenters. The van der Waals surface area contributed by atoms with Gasteiger partial charge in [0.15, 0.2) is 0 Å². The van der Waals surface area contributed by atoms with Crippen molar-refractivity contribution in [3.8, 4) is 0 Å². The zero-order valence-corrected chi connectivity index (χ0v) is 24.1. The molecule has 1 heterocycles. The number of rotatable bonds is 8. The van der Waals surface area contributed by atoms with Crippen LogP contribution >= 0.6 is 11.8 Å². The van der Waals surface area contributed by atoms with Crippen LogP contribution in [0, 0.1) is 11.3 Å². The first kappa shape index (κ1) is 29.9. The van der Waals surface area contributed by atoms with Gasteiger partial charge < -0.3 is 15.3 Å². The Bertz CT molecular complexity index is 984. The molecule has 36 heavy (non-hydrogen) atoms. The fourth-order valence-electron chi connectivity index (χ4n) is 4.78. The molecule has 1 saturated heterocycles. The highest BCUT2D eigenvalue weighted by atomic mass is 32.2. The Balaban J connectivity index is 2.34. The van der Waals surface area contributed by atoms with E-state index in [-0.39, 0.29) is 33.4 Å². The summed E-state index contributed by atoms with van der Waals surface area (Å²) in [7, 11) is 3.63. The molecule has 1 aromatic carbocycles. The molecule has 4 atom stereocenters. The molecule has 2 amide bonds. The smallest absolute Gasteiger partial charge is 0.331 e. The van der Waals surface area contributed by atoms with Crippen LogP contribution in [0.25, 0.3) is 0 Å². The molecule has 1 fully saturated rings. The molecule has 8 heteroatoms. The minimum Gasteiger partial charge on any atom is -0.478 e. The predicted octanol–water partition coefficient (Wildman–Crippen LogP) is 4.56. The number of nitrogens with zero attached hydrogens (tertiary/aromatic N) is 2. The fraction of sp³-hybridized carbons (Fsp3) is 0.607. The number of carbonyl (C=O) groups is 3. The van der Waals surface area contributed by atoms with Crippen molar-refractivity contribution in [1.29, 1.82) is 0 Å². The Kier molecular flexibility index (Phi) is 9.46. The molecule has 0 radical (unpaired) electrons. The van der Waals surface area contributed by atoms with Crippen LogP contribution < -0.4 is 5.32 Å². The van der Waals surface area contributed by atoms with E-state index in [0.717, 1.165) is 5.56 Å². The normalized spacial score (nSPS) is 22.2. The number of aliphatic carboxylic acids is 1. The third kappa shape index (κ3) is 6.71. The average Bonchev–Trinajstić information content (AvgIpc) is 3.02. The van der Waals surface area contributed by atoms with E-state index >= 15 is 0 Å². The van der Waals surface area contributed by atoms with Gasteiger partial charge in [-0.05, 0) is 44.7 Å². The minimum absolute atomic E-state index is 0.00695. The second kappa shape index (κ2) is 11.4. The van der Waals surface area contributed by atoms with E-state index in [1.54, 1.807) is 29.8 Å². The van der Waals surface area contributed by atoms with Crippen LogP contribution in [0.1, 0.15) is 66.3 Å². The molecule has 1 aliphatic heterocycles. The summed E-state index contributed by atoms with van der Waals surface area (Å²) in [6.45, 7) is 15.3. The highest BCUT2D eigenvalue weighted by molar-refractivity contribution is 8.01. The fourth-order valence-corrected chi connectivity index (χ4v) is 6.34. The van der Waals surface area contributed by atoms with E-state index in [2.05, 4.69) is 36.2 Å². The number of hydrogen-bond donors (Lipinski definition) is 2. The summed E-state index contributed by atoms with van der Waals surface area (Å²) in [4.78, 5) is 42.6. The molecule has 0 bridgehead atoms. The van der Waals surface area contributed by atoms with E-state index < -0.39 is 29.5 Å². The van der Waals surface area contributed by atoms with Gasteiger partial charge in [0.05, 0.1) is 11.4 Å². The minimum atomic E-state index is -1.01. The lowest BCUT2D eigenvalue weighted by molar-refractivity contribution is -0.141. The van der Waals surface area contributed by atoms with Crippen LogP contribution in [0.5, 0.6) is 0 Å². The van der Waals surface area contributed by atoms with Gasteiger partial charge in [-0.1, -0.05) is 71.0 Å². The number of amides is 2. The van der Waals surface area contributed by atoms with Crippen molar-refractivity contribution in [2.24, 2.45) is 11.3 Å². The van der Waals surface area contributed by atoms with Gasteiger partial charge in [-0.15, -0.1) is 11.8 Å². The van der Waals surface area contributed by atoms with Gasteiger partial charge >= 0.3 is 5.97 Å². The summed E-state index contributed by atoms with van der Waals surface area (Å²) in [5.74, 6) is -1.45. The number of carbonyl (C=O) groups excluding carboxylic acids is 2. The molecule has 1 aliphatic rings. The number of carboxylic acids is 1. The molecule has 0 saturated carbocycles. The molecule has 1 aromatic rings. The number of thioether (sulfide) groups is 1. The second-order valence-electron chi connectivity index (χ2n) is 11.7. The van der Waals surface area contributed by atoms with Crippen molar-refractivity contribution in [2.75, 3.05) is 14.1 Å². The number of benzene rings is 1. The third-order valence-corrected chi connectivity index (χ3v) is 8.48. The average molecular weight is 518 g/mol. The maximum Gasteiger partial charge on any atom is 0.331 e. The van der Waals surface area contributed by atoms with E-state index in [1.807, 2.05) is 59.9 Å². The van der Waals surface area contributed by atoms with E-state index in [9.17, 15) is 19.5 Å². The van der Waals surface area contributed by atoms with Crippen LogP contribution in [0.2, 0.25) is 0 Å². The van der Waals surface area contributed by atoms with Crippen molar-refractivity contribution in [2.45, 2.75) is 83.6 Å². The topological polar surface area (TPSA) is 90.0 Å². The molecule has 0 aromatic heterocycles. The molecular formula is C28H43N3O4S. The lowest BCUT2D eigenvalue weighted by atomic mass is 9.84. The van der Waals surface area contributed by atoms with Gasteiger partial charge in [0.2, 0.25) is 11.8 Å². The van der Waals surface area contributed by atoms with Gasteiger partial charge in [-0.3, -0.25) is 14.5 Å². The molecule has 2 rings (SSSR count). The van der Waals surface area contributed by atoms with Gasteiger partial charge in [0, 0.05) is 17.4 Å². The summed E-state index contributed by atoms with van der Waals surface area (Å²) >= 11 is 1.74. The van der Waals surface area contributed by atoms with Gasteiger partial charge in [-0.25, -0.2) is 4.79 Å². The number of likely N-dealkylation sites (N-methyl/N-ethyl adjacent to an activating group) is 2. The largest absolute Gasteiger partial charge is 0.478 e.